The molecular formula is C47H61N9O9. The number of likely N-dealkylation sites (N-methyl/N-ethyl adjacent to an activating group) is 1. The van der Waals surface area contributed by atoms with Crippen LogP contribution in [-0.4, -0.2) is 114 Å². The zero-order chi connectivity index (χ0) is 47.2. The quantitative estimate of drug-likeness (QED) is 0.0667. The average Bonchev–Trinajstić information content (AvgIpc) is 3.28. The average molecular weight is 896 g/mol. The van der Waals surface area contributed by atoms with Crippen LogP contribution in [0.2, 0.25) is 0 Å². The highest BCUT2D eigenvalue weighted by Gasteiger charge is 2.36. The molecule has 4 unspecified atom stereocenters. The monoisotopic (exact) mass is 895 g/mol. The molecule has 5 rings (SSSR count). The Labute approximate surface area is 379 Å². The fourth-order valence-electron chi connectivity index (χ4n) is 7.52. The Morgan fingerprint density at radius 1 is 0.831 bits per heavy atom. The highest BCUT2D eigenvalue weighted by molar-refractivity contribution is 6.00. The molecule has 0 aliphatic carbocycles. The van der Waals surface area contributed by atoms with Crippen molar-refractivity contribution >= 4 is 29.6 Å². The van der Waals surface area contributed by atoms with Crippen molar-refractivity contribution in [1.29, 1.82) is 0 Å². The summed E-state index contributed by atoms with van der Waals surface area (Å²) in [6, 6.07) is 12.1. The lowest BCUT2D eigenvalue weighted by molar-refractivity contribution is -0.143. The third kappa shape index (κ3) is 12.6. The first kappa shape index (κ1) is 49.4. The normalized spacial score (nSPS) is 16.6. The molecule has 3 aromatic carbocycles. The lowest BCUT2D eigenvalue weighted by Gasteiger charge is -2.32. The van der Waals surface area contributed by atoms with Crippen LogP contribution in [0.3, 0.4) is 0 Å². The first-order valence-electron chi connectivity index (χ1n) is 21.8. The van der Waals surface area contributed by atoms with E-state index in [9.17, 15) is 29.1 Å². The van der Waals surface area contributed by atoms with Gasteiger partial charge in [-0.2, -0.15) is 0 Å². The molecule has 4 atom stereocenters. The maximum atomic E-state index is 14.7. The highest BCUT2D eigenvalue weighted by atomic mass is 16.5. The number of aromatic nitrogens is 2. The molecule has 4 amide bonds. The maximum absolute atomic E-state index is 14.7. The van der Waals surface area contributed by atoms with Crippen LogP contribution < -0.4 is 47.4 Å². The van der Waals surface area contributed by atoms with Crippen molar-refractivity contribution in [2.24, 2.45) is 17.2 Å². The van der Waals surface area contributed by atoms with Gasteiger partial charge in [-0.1, -0.05) is 31.9 Å². The second-order valence-corrected chi connectivity index (χ2v) is 15.8. The number of hydrogen-bond acceptors (Lipinski definition) is 13. The van der Waals surface area contributed by atoms with Crippen LogP contribution in [0.5, 0.6) is 17.2 Å². The predicted molar refractivity (Wildman–Crippen MR) is 244 cm³/mol. The molecule has 0 fully saturated rings. The molecule has 1 aliphatic rings. The number of rotatable bonds is 19. The van der Waals surface area contributed by atoms with Crippen LogP contribution in [0.25, 0.3) is 22.5 Å². The minimum atomic E-state index is -1.41. The molecule has 65 heavy (non-hydrogen) atoms. The molecule has 18 nitrogen and oxygen atoms in total. The van der Waals surface area contributed by atoms with Crippen molar-refractivity contribution in [3.8, 4) is 39.8 Å². The van der Waals surface area contributed by atoms with Gasteiger partial charge in [0.25, 0.3) is 5.91 Å². The molecule has 348 valence electrons. The van der Waals surface area contributed by atoms with Gasteiger partial charge in [-0.25, -0.2) is 14.8 Å². The van der Waals surface area contributed by atoms with Crippen molar-refractivity contribution < 1.29 is 43.3 Å². The number of carboxylic acids is 1. The van der Waals surface area contributed by atoms with Gasteiger partial charge in [0.1, 0.15) is 54.6 Å². The Kier molecular flexibility index (Phi) is 17.7. The molecule has 0 saturated carbocycles. The van der Waals surface area contributed by atoms with Gasteiger partial charge in [-0.3, -0.25) is 19.2 Å². The number of aryl methyl sites for hydroxylation is 2. The SMILES string of the molecule is CCCCCOc1ccc(-c2nc(C)c(C(=O)NC(CCN)C(=O)N(C)C3C(=O)NC(C)C(=O)NC(C(=O)O)Cc4ccc(OCCN)c(c4)-c4cc3ccc4OCCN)c(C)n2)cc1. The van der Waals surface area contributed by atoms with Gasteiger partial charge in [-0.15, -0.1) is 0 Å². The van der Waals surface area contributed by atoms with Crippen molar-refractivity contribution in [1.82, 2.24) is 30.8 Å². The largest absolute Gasteiger partial charge is 0.494 e. The maximum Gasteiger partial charge on any atom is 0.326 e. The number of aliphatic carboxylic acids is 1. The van der Waals surface area contributed by atoms with E-state index >= 15 is 0 Å². The summed E-state index contributed by atoms with van der Waals surface area (Å²) in [5.74, 6) is -2.23. The topological polar surface area (TPSA) is 276 Å². The molecule has 10 N–H and O–H groups in total. The molecule has 18 heteroatoms. The lowest BCUT2D eigenvalue weighted by Crippen LogP contribution is -2.55. The van der Waals surface area contributed by atoms with Gasteiger partial charge in [0.05, 0.1) is 23.6 Å². The summed E-state index contributed by atoms with van der Waals surface area (Å²) in [6.45, 7) is 8.17. The van der Waals surface area contributed by atoms with Crippen LogP contribution in [0.1, 0.15) is 78.4 Å². The van der Waals surface area contributed by atoms with Crippen LogP contribution in [0.4, 0.5) is 0 Å². The molecule has 4 bridgehead atoms. The Morgan fingerprint density at radius 2 is 1.46 bits per heavy atom. The number of fused-ring (bicyclic) bond motifs is 5. The number of nitrogens with two attached hydrogens (primary N) is 3. The second kappa shape index (κ2) is 23.3. The van der Waals surface area contributed by atoms with Crippen molar-refractivity contribution in [3.63, 3.8) is 0 Å². The van der Waals surface area contributed by atoms with Gasteiger partial charge >= 0.3 is 5.97 Å². The van der Waals surface area contributed by atoms with E-state index in [0.29, 0.717) is 57.6 Å². The van der Waals surface area contributed by atoms with E-state index in [1.165, 1.54) is 18.9 Å². The number of carbonyl (C=O) groups is 5. The van der Waals surface area contributed by atoms with E-state index in [1.807, 2.05) is 24.3 Å². The first-order chi connectivity index (χ1) is 31.2. The number of nitrogens with zero attached hydrogens (tertiary/aromatic N) is 3. The molecule has 1 aliphatic heterocycles. The number of carbonyl (C=O) groups excluding carboxylic acids is 4. The van der Waals surface area contributed by atoms with E-state index in [1.54, 1.807) is 50.2 Å². The van der Waals surface area contributed by atoms with Crippen molar-refractivity contribution in [3.05, 3.63) is 88.7 Å². The fraction of sp³-hybridized carbons (Fsp3) is 0.426. The van der Waals surface area contributed by atoms with Gasteiger partial charge in [-0.05, 0) is 99.8 Å². The summed E-state index contributed by atoms with van der Waals surface area (Å²) in [4.78, 5) is 79.5. The number of hydrogen-bond donors (Lipinski definition) is 7. The number of unbranched alkanes of at least 4 members (excludes halogenated alkanes) is 2. The van der Waals surface area contributed by atoms with Gasteiger partial charge in [0.15, 0.2) is 5.82 Å². The van der Waals surface area contributed by atoms with Crippen LogP contribution in [0.15, 0.2) is 60.7 Å². The Hall–Kier alpha value is -6.63. The Balaban J connectivity index is 1.52. The number of nitrogens with one attached hydrogen (secondary N) is 3. The fourth-order valence-corrected chi connectivity index (χ4v) is 7.52. The second-order valence-electron chi connectivity index (χ2n) is 15.8. The van der Waals surface area contributed by atoms with E-state index < -0.39 is 53.8 Å². The lowest BCUT2D eigenvalue weighted by atomic mass is 9.93. The van der Waals surface area contributed by atoms with Crippen molar-refractivity contribution in [2.75, 3.05) is 46.5 Å². The molecular weight excluding hydrogens is 835 g/mol. The standard InChI is InChI=1S/C47H61N9O9/c1-6-7-8-21-63-33-13-10-31(11-14-33)42-51-27(2)40(28(3)52-42)44(58)54-36(17-18-48)46(60)56(5)41-32-12-16-39(65-23-20-50)35(26-32)34-24-30(9-15-38(34)64-22-19-49)25-37(47(61)62)55-43(57)29(4)53-45(41)59/h9-16,24,26,29,36-37,41H,6-8,17-23,25,48-50H2,1-5H3,(H,53,59)(H,54,58)(H,55,57)(H,61,62). The minimum Gasteiger partial charge on any atom is -0.494 e. The first-order valence-corrected chi connectivity index (χ1v) is 21.8. The summed E-state index contributed by atoms with van der Waals surface area (Å²) >= 11 is 0. The Bertz CT molecular complexity index is 2300. The van der Waals surface area contributed by atoms with Crippen LogP contribution >= 0.6 is 0 Å². The molecule has 0 saturated heterocycles. The highest BCUT2D eigenvalue weighted by Crippen LogP contribution is 2.40. The van der Waals surface area contributed by atoms with E-state index in [-0.39, 0.29) is 51.3 Å². The summed E-state index contributed by atoms with van der Waals surface area (Å²) in [6.07, 6.45) is 3.05. The number of carboxylic acid groups (broad SMARTS) is 1. The minimum absolute atomic E-state index is 0.00566. The molecule has 4 aromatic rings. The molecule has 1 aromatic heterocycles. The van der Waals surface area contributed by atoms with Gasteiger partial charge in [0, 0.05) is 43.2 Å². The van der Waals surface area contributed by atoms with E-state index in [2.05, 4.69) is 32.8 Å². The summed E-state index contributed by atoms with van der Waals surface area (Å²) < 4.78 is 17.9. The molecule has 0 spiro atoms. The summed E-state index contributed by atoms with van der Waals surface area (Å²) in [5.41, 5.74) is 21.0. The summed E-state index contributed by atoms with van der Waals surface area (Å²) in [5, 5.41) is 18.1. The van der Waals surface area contributed by atoms with Gasteiger partial charge in [0.2, 0.25) is 17.7 Å². The van der Waals surface area contributed by atoms with E-state index in [4.69, 9.17) is 31.4 Å². The van der Waals surface area contributed by atoms with Crippen LogP contribution in [0, 0.1) is 13.8 Å². The number of benzene rings is 3. The van der Waals surface area contributed by atoms with Crippen molar-refractivity contribution in [2.45, 2.75) is 84.0 Å². The third-order valence-corrected chi connectivity index (χ3v) is 10.9. The van der Waals surface area contributed by atoms with Gasteiger partial charge < -0.3 is 57.4 Å². The number of ether oxygens (including phenoxy) is 3. The zero-order valence-corrected chi connectivity index (χ0v) is 37.6. The predicted octanol–water partition coefficient (Wildman–Crippen LogP) is 2.95. The molecule has 0 radical (unpaired) electrons. The smallest absolute Gasteiger partial charge is 0.326 e. The summed E-state index contributed by atoms with van der Waals surface area (Å²) in [7, 11) is 1.40. The number of amides is 4. The van der Waals surface area contributed by atoms with E-state index in [0.717, 1.165) is 30.6 Å². The zero-order valence-electron chi connectivity index (χ0n) is 37.6. The van der Waals surface area contributed by atoms with Crippen LogP contribution in [-0.2, 0) is 25.6 Å². The third-order valence-electron chi connectivity index (χ3n) is 10.9. The Morgan fingerprint density at radius 3 is 2.06 bits per heavy atom. The molecule has 2 heterocycles.